The van der Waals surface area contributed by atoms with Gasteiger partial charge in [-0.05, 0) is 55.9 Å². The van der Waals surface area contributed by atoms with Gasteiger partial charge in [-0.1, -0.05) is 30.3 Å². The molecular weight excluding hydrogens is 510 g/mol. The molecule has 2 amide bonds. The fourth-order valence-electron chi connectivity index (χ4n) is 4.35. The number of carbonyl (C=O) groups is 3. The molecule has 4 aromatic rings. The zero-order valence-electron chi connectivity index (χ0n) is 22.5. The van der Waals surface area contributed by atoms with E-state index in [0.717, 1.165) is 5.56 Å². The highest BCUT2D eigenvalue weighted by Gasteiger charge is 2.21. The first-order chi connectivity index (χ1) is 19.2. The van der Waals surface area contributed by atoms with Crippen molar-refractivity contribution >= 4 is 40.1 Å². The molecular formula is C30H31N5O5. The van der Waals surface area contributed by atoms with E-state index in [-0.39, 0.29) is 29.8 Å². The number of aliphatic imine (C=N–C) groups is 1. The number of aromatic carboxylic acids is 1. The zero-order chi connectivity index (χ0) is 28.8. The molecule has 0 saturated heterocycles. The lowest BCUT2D eigenvalue weighted by Crippen LogP contribution is -2.38. The number of aryl methyl sites for hydroxylation is 1. The van der Waals surface area contributed by atoms with Gasteiger partial charge in [0.2, 0.25) is 5.91 Å². The predicted molar refractivity (Wildman–Crippen MR) is 154 cm³/mol. The Morgan fingerprint density at radius 2 is 1.70 bits per heavy atom. The molecule has 0 bridgehead atoms. The van der Waals surface area contributed by atoms with Crippen LogP contribution >= 0.6 is 0 Å². The third kappa shape index (κ3) is 6.36. The van der Waals surface area contributed by atoms with E-state index in [9.17, 15) is 24.6 Å². The van der Waals surface area contributed by atoms with E-state index < -0.39 is 5.97 Å². The highest BCUT2D eigenvalue weighted by atomic mass is 16.4. The topological polar surface area (TPSA) is 147 Å². The molecule has 0 aliphatic heterocycles. The maximum atomic E-state index is 12.6. The van der Waals surface area contributed by atoms with Crippen LogP contribution in [-0.4, -0.2) is 77.3 Å². The van der Waals surface area contributed by atoms with Gasteiger partial charge < -0.3 is 25.8 Å². The molecule has 0 fully saturated rings. The quantitative estimate of drug-likeness (QED) is 0.194. The molecule has 10 nitrogen and oxygen atoms in total. The zero-order valence-corrected chi connectivity index (χ0v) is 22.5. The number of aromatic hydroxyl groups is 1. The van der Waals surface area contributed by atoms with Gasteiger partial charge in [-0.25, -0.2) is 9.79 Å². The number of H-pyrrole nitrogens is 1. The van der Waals surface area contributed by atoms with Gasteiger partial charge in [0.25, 0.3) is 5.91 Å². The van der Waals surface area contributed by atoms with Crippen LogP contribution in [0.15, 0.2) is 71.7 Å². The number of aromatic nitrogens is 1. The Bertz CT molecular complexity index is 1580. The Morgan fingerprint density at radius 1 is 1.00 bits per heavy atom. The highest BCUT2D eigenvalue weighted by molar-refractivity contribution is 6.22. The van der Waals surface area contributed by atoms with E-state index in [1.807, 2.05) is 35.2 Å². The van der Waals surface area contributed by atoms with Crippen molar-refractivity contribution in [3.05, 3.63) is 94.5 Å². The Kier molecular flexibility index (Phi) is 8.60. The predicted octanol–water partition coefficient (Wildman–Crippen LogP) is 3.46. The van der Waals surface area contributed by atoms with Gasteiger partial charge in [0.05, 0.1) is 29.1 Å². The second-order valence-corrected chi connectivity index (χ2v) is 9.41. The van der Waals surface area contributed by atoms with Crippen molar-refractivity contribution in [1.82, 2.24) is 20.5 Å². The van der Waals surface area contributed by atoms with Gasteiger partial charge in [0.1, 0.15) is 0 Å². The summed E-state index contributed by atoms with van der Waals surface area (Å²) in [6.45, 7) is 2.85. The minimum atomic E-state index is -1.05. The van der Waals surface area contributed by atoms with Crippen LogP contribution in [0.3, 0.4) is 0 Å². The van der Waals surface area contributed by atoms with E-state index >= 15 is 0 Å². The summed E-state index contributed by atoms with van der Waals surface area (Å²) in [6, 6.07) is 19.4. The highest BCUT2D eigenvalue weighted by Crippen LogP contribution is 2.33. The fourth-order valence-corrected chi connectivity index (χ4v) is 4.35. The molecule has 40 heavy (non-hydrogen) atoms. The smallest absolute Gasteiger partial charge is 0.336 e. The number of hydrogen-bond donors (Lipinski definition) is 5. The standard InChI is InChI=1S/C30H31N5O5/c1-18-15-23-24(16-22(18)30(39)40)34-29(38)26(23)27(19-7-5-4-6-8-19)33-21-11-9-20(10-12-21)28(37)32-13-14-35(3)17-25(36)31-2/h4-12,15-16,34,38H,13-14,17H2,1-3H3,(H,31,36)(H,32,37)(H,39,40). The molecule has 1 aromatic heterocycles. The summed E-state index contributed by atoms with van der Waals surface area (Å²) >= 11 is 0. The van der Waals surface area contributed by atoms with Gasteiger partial charge in [-0.2, -0.15) is 0 Å². The lowest BCUT2D eigenvalue weighted by molar-refractivity contribution is -0.121. The Balaban J connectivity index is 1.62. The number of rotatable bonds is 10. The first-order valence-corrected chi connectivity index (χ1v) is 12.7. The Labute approximate surface area is 231 Å². The van der Waals surface area contributed by atoms with Crippen molar-refractivity contribution in [2.24, 2.45) is 4.99 Å². The summed E-state index contributed by atoms with van der Waals surface area (Å²) in [7, 11) is 3.38. The first kappa shape index (κ1) is 28.1. The van der Waals surface area contributed by atoms with Crippen molar-refractivity contribution in [1.29, 1.82) is 0 Å². The van der Waals surface area contributed by atoms with E-state index in [1.165, 1.54) is 6.07 Å². The second kappa shape index (κ2) is 12.3. The molecule has 0 aliphatic carbocycles. The van der Waals surface area contributed by atoms with E-state index in [2.05, 4.69) is 15.6 Å². The van der Waals surface area contributed by atoms with Crippen molar-refractivity contribution < 1.29 is 24.6 Å². The van der Waals surface area contributed by atoms with Crippen molar-refractivity contribution in [2.75, 3.05) is 33.7 Å². The number of fused-ring (bicyclic) bond motifs is 1. The maximum Gasteiger partial charge on any atom is 0.336 e. The van der Waals surface area contributed by atoms with Crippen LogP contribution in [0, 0.1) is 6.92 Å². The molecule has 0 spiro atoms. The number of aromatic amines is 1. The molecule has 5 N–H and O–H groups in total. The molecule has 1 heterocycles. The Morgan fingerprint density at radius 3 is 2.35 bits per heavy atom. The molecule has 10 heteroatoms. The normalized spacial score (nSPS) is 11.6. The number of carboxylic acid groups (broad SMARTS) is 1. The van der Waals surface area contributed by atoms with Crippen molar-refractivity contribution in [3.63, 3.8) is 0 Å². The summed E-state index contributed by atoms with van der Waals surface area (Å²) in [6.07, 6.45) is 0. The van der Waals surface area contributed by atoms with Crippen LogP contribution in [-0.2, 0) is 4.79 Å². The summed E-state index contributed by atoms with van der Waals surface area (Å²) in [4.78, 5) is 45.2. The second-order valence-electron chi connectivity index (χ2n) is 9.41. The van der Waals surface area contributed by atoms with Crippen LogP contribution in [0.5, 0.6) is 5.88 Å². The van der Waals surface area contributed by atoms with Gasteiger partial charge in [-0.3, -0.25) is 14.5 Å². The van der Waals surface area contributed by atoms with Gasteiger partial charge >= 0.3 is 5.97 Å². The molecule has 0 radical (unpaired) electrons. The average Bonchev–Trinajstić information content (AvgIpc) is 3.25. The van der Waals surface area contributed by atoms with Crippen LogP contribution in [0.25, 0.3) is 10.9 Å². The summed E-state index contributed by atoms with van der Waals surface area (Å²) < 4.78 is 0. The van der Waals surface area contributed by atoms with E-state index in [4.69, 9.17) is 4.99 Å². The molecule has 3 aromatic carbocycles. The summed E-state index contributed by atoms with van der Waals surface area (Å²) in [5, 5.41) is 26.5. The summed E-state index contributed by atoms with van der Waals surface area (Å²) in [5.74, 6) is -1.52. The first-order valence-electron chi connectivity index (χ1n) is 12.7. The van der Waals surface area contributed by atoms with Crippen molar-refractivity contribution in [3.8, 4) is 5.88 Å². The monoisotopic (exact) mass is 541 g/mol. The third-order valence-electron chi connectivity index (χ3n) is 6.48. The molecule has 0 unspecified atom stereocenters. The van der Waals surface area contributed by atoms with E-state index in [1.54, 1.807) is 51.4 Å². The SMILES string of the molecule is CNC(=O)CN(C)CCNC(=O)c1ccc(N=C(c2ccccc2)c2c(O)[nH]c3cc(C(=O)O)c(C)cc23)cc1. The molecule has 0 aliphatic rings. The van der Waals surface area contributed by atoms with Crippen LogP contribution in [0.2, 0.25) is 0 Å². The largest absolute Gasteiger partial charge is 0.494 e. The summed E-state index contributed by atoms with van der Waals surface area (Å²) in [5.41, 5.74) is 3.89. The van der Waals surface area contributed by atoms with Crippen LogP contribution in [0.4, 0.5) is 5.69 Å². The van der Waals surface area contributed by atoms with Gasteiger partial charge in [0.15, 0.2) is 5.88 Å². The van der Waals surface area contributed by atoms with Crippen molar-refractivity contribution in [2.45, 2.75) is 6.92 Å². The number of amides is 2. The molecule has 206 valence electrons. The fraction of sp³-hybridized carbons (Fsp3) is 0.200. The lowest BCUT2D eigenvalue weighted by Gasteiger charge is -2.15. The number of benzene rings is 3. The number of likely N-dealkylation sites (N-methyl/N-ethyl adjacent to an activating group) is 2. The minimum absolute atomic E-state index is 0.0963. The molecule has 0 saturated carbocycles. The van der Waals surface area contributed by atoms with Crippen LogP contribution in [0.1, 0.15) is 37.4 Å². The number of nitrogens with zero attached hydrogens (tertiary/aromatic N) is 2. The van der Waals surface area contributed by atoms with Crippen LogP contribution < -0.4 is 10.6 Å². The van der Waals surface area contributed by atoms with Gasteiger partial charge in [-0.15, -0.1) is 0 Å². The lowest BCUT2D eigenvalue weighted by atomic mass is 9.98. The maximum absolute atomic E-state index is 12.6. The minimum Gasteiger partial charge on any atom is -0.494 e. The number of carboxylic acids is 1. The number of hydrogen-bond acceptors (Lipinski definition) is 6. The van der Waals surface area contributed by atoms with Gasteiger partial charge in [0, 0.05) is 42.2 Å². The third-order valence-corrected chi connectivity index (χ3v) is 6.48. The molecule has 0 atom stereocenters. The average molecular weight is 542 g/mol. The number of nitrogens with one attached hydrogen (secondary N) is 3. The number of carbonyl (C=O) groups excluding carboxylic acids is 2. The Hall–Kier alpha value is -4.96. The van der Waals surface area contributed by atoms with E-state index in [0.29, 0.717) is 52.1 Å². The molecule has 4 rings (SSSR count).